The Balaban J connectivity index is 2.20. The molecule has 0 aliphatic heterocycles. The van der Waals surface area contributed by atoms with Crippen molar-refractivity contribution in [2.75, 3.05) is 33.2 Å². The number of unbranched alkanes of at least 4 members (excludes halogenated alkanes) is 1. The molecular formula is C16H31N5O. The molecular weight excluding hydrogens is 278 g/mol. The first-order valence-corrected chi connectivity index (χ1v) is 8.20. The third-order valence-corrected chi connectivity index (χ3v) is 3.79. The van der Waals surface area contributed by atoms with Crippen LogP contribution in [-0.2, 0) is 6.54 Å². The maximum absolute atomic E-state index is 5.54. The molecule has 0 aliphatic carbocycles. The Bertz CT molecular complexity index is 432. The van der Waals surface area contributed by atoms with Crippen LogP contribution >= 0.6 is 0 Å². The second kappa shape index (κ2) is 10.2. The summed E-state index contributed by atoms with van der Waals surface area (Å²) in [5, 5.41) is 6.54. The predicted molar refractivity (Wildman–Crippen MR) is 91.2 cm³/mol. The van der Waals surface area contributed by atoms with Gasteiger partial charge in [0.25, 0.3) is 0 Å². The van der Waals surface area contributed by atoms with Crippen LogP contribution < -0.4 is 10.6 Å². The number of guanidine groups is 1. The van der Waals surface area contributed by atoms with Crippen molar-refractivity contribution in [1.29, 1.82) is 0 Å². The van der Waals surface area contributed by atoms with Gasteiger partial charge >= 0.3 is 0 Å². The fraction of sp³-hybridized carbons (Fsp3) is 0.750. The van der Waals surface area contributed by atoms with Gasteiger partial charge in [-0.2, -0.15) is 0 Å². The van der Waals surface area contributed by atoms with Gasteiger partial charge in [0.05, 0.1) is 12.2 Å². The number of hydrogen-bond acceptors (Lipinski definition) is 4. The summed E-state index contributed by atoms with van der Waals surface area (Å²) in [5.74, 6) is 2.35. The second-order valence-electron chi connectivity index (χ2n) is 5.34. The summed E-state index contributed by atoms with van der Waals surface area (Å²) in [5.41, 5.74) is 0.941. The van der Waals surface area contributed by atoms with E-state index in [2.05, 4.69) is 39.4 Å². The van der Waals surface area contributed by atoms with Crippen LogP contribution in [0.4, 0.5) is 0 Å². The molecule has 0 fully saturated rings. The van der Waals surface area contributed by atoms with Crippen LogP contribution in [0.15, 0.2) is 9.41 Å². The zero-order valence-electron chi connectivity index (χ0n) is 14.7. The molecule has 2 N–H and O–H groups in total. The average Bonchev–Trinajstić information content (AvgIpc) is 2.84. The molecule has 0 amide bonds. The Morgan fingerprint density at radius 1 is 1.18 bits per heavy atom. The van der Waals surface area contributed by atoms with Gasteiger partial charge in [-0.25, -0.2) is 4.98 Å². The zero-order valence-corrected chi connectivity index (χ0v) is 14.7. The highest BCUT2D eigenvalue weighted by molar-refractivity contribution is 5.79. The SMILES string of the molecule is CCN(CC)CCCCNC(=NC)NCc1nc(C)c(C)o1. The summed E-state index contributed by atoms with van der Waals surface area (Å²) in [6.07, 6.45) is 2.33. The molecule has 0 aliphatic rings. The van der Waals surface area contributed by atoms with Gasteiger partial charge in [0.15, 0.2) is 5.96 Å². The Labute approximate surface area is 134 Å². The lowest BCUT2D eigenvalue weighted by Gasteiger charge is -2.17. The molecule has 6 nitrogen and oxygen atoms in total. The van der Waals surface area contributed by atoms with Gasteiger partial charge in [-0.1, -0.05) is 13.8 Å². The lowest BCUT2D eigenvalue weighted by Crippen LogP contribution is -2.37. The molecule has 0 radical (unpaired) electrons. The third kappa shape index (κ3) is 6.47. The minimum Gasteiger partial charge on any atom is -0.444 e. The topological polar surface area (TPSA) is 65.7 Å². The van der Waals surface area contributed by atoms with E-state index in [1.807, 2.05) is 13.8 Å². The third-order valence-electron chi connectivity index (χ3n) is 3.79. The number of rotatable bonds is 9. The van der Waals surface area contributed by atoms with Gasteiger partial charge in [-0.3, -0.25) is 4.99 Å². The molecule has 0 spiro atoms. The zero-order chi connectivity index (χ0) is 16.4. The lowest BCUT2D eigenvalue weighted by atomic mass is 10.3. The van der Waals surface area contributed by atoms with E-state index in [0.717, 1.165) is 50.0 Å². The first kappa shape index (κ1) is 18.5. The van der Waals surface area contributed by atoms with Crippen molar-refractivity contribution in [3.8, 4) is 0 Å². The summed E-state index contributed by atoms with van der Waals surface area (Å²) in [4.78, 5) is 11.0. The minimum absolute atomic E-state index is 0.549. The van der Waals surface area contributed by atoms with Crippen LogP contribution in [0.3, 0.4) is 0 Å². The van der Waals surface area contributed by atoms with Crippen molar-refractivity contribution >= 4 is 5.96 Å². The van der Waals surface area contributed by atoms with Crippen LogP contribution in [0.1, 0.15) is 44.0 Å². The molecule has 1 aromatic heterocycles. The molecule has 0 saturated heterocycles. The number of aromatic nitrogens is 1. The van der Waals surface area contributed by atoms with Crippen LogP contribution in [0.5, 0.6) is 0 Å². The quantitative estimate of drug-likeness (QED) is 0.415. The minimum atomic E-state index is 0.549. The summed E-state index contributed by atoms with van der Waals surface area (Å²) in [7, 11) is 1.78. The molecule has 0 unspecified atom stereocenters. The van der Waals surface area contributed by atoms with Crippen LogP contribution in [-0.4, -0.2) is 49.1 Å². The second-order valence-corrected chi connectivity index (χ2v) is 5.34. The van der Waals surface area contributed by atoms with E-state index in [0.29, 0.717) is 12.4 Å². The van der Waals surface area contributed by atoms with Crippen LogP contribution in [0.25, 0.3) is 0 Å². The van der Waals surface area contributed by atoms with E-state index < -0.39 is 0 Å². The summed E-state index contributed by atoms with van der Waals surface area (Å²) >= 11 is 0. The van der Waals surface area contributed by atoms with Crippen molar-refractivity contribution in [2.24, 2.45) is 4.99 Å². The maximum atomic E-state index is 5.54. The maximum Gasteiger partial charge on any atom is 0.214 e. The van der Waals surface area contributed by atoms with Crippen molar-refractivity contribution < 1.29 is 4.42 Å². The van der Waals surface area contributed by atoms with Crippen molar-refractivity contribution in [3.63, 3.8) is 0 Å². The van der Waals surface area contributed by atoms with E-state index >= 15 is 0 Å². The van der Waals surface area contributed by atoms with Crippen LogP contribution in [0.2, 0.25) is 0 Å². The summed E-state index contributed by atoms with van der Waals surface area (Å²) in [6, 6.07) is 0. The Morgan fingerprint density at radius 3 is 2.45 bits per heavy atom. The number of nitrogens with one attached hydrogen (secondary N) is 2. The molecule has 0 aromatic carbocycles. The standard InChI is InChI=1S/C16H31N5O/c1-6-21(7-2)11-9-8-10-18-16(17-5)19-12-15-20-13(3)14(4)22-15/h6-12H2,1-5H3,(H2,17,18,19). The normalized spacial score (nSPS) is 12.0. The Kier molecular flexibility index (Phi) is 8.58. The molecule has 1 aromatic rings. The summed E-state index contributed by atoms with van der Waals surface area (Å²) in [6.45, 7) is 13.2. The predicted octanol–water partition coefficient (Wildman–Crippen LogP) is 2.08. The molecule has 0 bridgehead atoms. The van der Waals surface area contributed by atoms with E-state index in [1.54, 1.807) is 7.05 Å². The van der Waals surface area contributed by atoms with E-state index in [4.69, 9.17) is 4.42 Å². The Morgan fingerprint density at radius 2 is 1.91 bits per heavy atom. The van der Waals surface area contributed by atoms with Crippen LogP contribution in [0, 0.1) is 13.8 Å². The molecule has 126 valence electrons. The molecule has 22 heavy (non-hydrogen) atoms. The molecule has 0 saturated carbocycles. The van der Waals surface area contributed by atoms with Crippen molar-refractivity contribution in [1.82, 2.24) is 20.5 Å². The Hall–Kier alpha value is -1.56. The fourth-order valence-corrected chi connectivity index (χ4v) is 2.20. The van der Waals surface area contributed by atoms with E-state index in [1.165, 1.54) is 6.42 Å². The number of hydrogen-bond donors (Lipinski definition) is 2. The van der Waals surface area contributed by atoms with Gasteiger partial charge in [0, 0.05) is 13.6 Å². The lowest BCUT2D eigenvalue weighted by molar-refractivity contribution is 0.297. The summed E-state index contributed by atoms with van der Waals surface area (Å²) < 4.78 is 5.54. The van der Waals surface area contributed by atoms with Crippen molar-refractivity contribution in [3.05, 3.63) is 17.3 Å². The number of nitrogens with zero attached hydrogens (tertiary/aromatic N) is 3. The van der Waals surface area contributed by atoms with Gasteiger partial charge < -0.3 is 20.0 Å². The highest BCUT2D eigenvalue weighted by Gasteiger charge is 2.06. The first-order chi connectivity index (χ1) is 10.6. The molecule has 0 atom stereocenters. The number of oxazole rings is 1. The highest BCUT2D eigenvalue weighted by atomic mass is 16.4. The smallest absolute Gasteiger partial charge is 0.214 e. The number of aryl methyl sites for hydroxylation is 2. The first-order valence-electron chi connectivity index (χ1n) is 8.20. The number of aliphatic imine (C=N–C) groups is 1. The fourth-order valence-electron chi connectivity index (χ4n) is 2.20. The van der Waals surface area contributed by atoms with Crippen molar-refractivity contribution in [2.45, 2.75) is 47.1 Å². The van der Waals surface area contributed by atoms with Gasteiger partial charge in [-0.15, -0.1) is 0 Å². The van der Waals surface area contributed by atoms with Gasteiger partial charge in [0.1, 0.15) is 5.76 Å². The van der Waals surface area contributed by atoms with E-state index in [-0.39, 0.29) is 0 Å². The van der Waals surface area contributed by atoms with Gasteiger partial charge in [-0.05, 0) is 46.3 Å². The molecule has 1 heterocycles. The average molecular weight is 309 g/mol. The van der Waals surface area contributed by atoms with Gasteiger partial charge in [0.2, 0.25) is 5.89 Å². The molecule has 6 heteroatoms. The highest BCUT2D eigenvalue weighted by Crippen LogP contribution is 2.07. The largest absolute Gasteiger partial charge is 0.444 e. The molecule has 1 rings (SSSR count). The van der Waals surface area contributed by atoms with E-state index in [9.17, 15) is 0 Å². The monoisotopic (exact) mass is 309 g/mol.